The summed E-state index contributed by atoms with van der Waals surface area (Å²) in [7, 11) is 0. The van der Waals surface area contributed by atoms with Gasteiger partial charge < -0.3 is 9.13 Å². The van der Waals surface area contributed by atoms with Gasteiger partial charge in [-0.15, -0.1) is 22.7 Å². The van der Waals surface area contributed by atoms with E-state index in [1.165, 1.54) is 30.9 Å². The third kappa shape index (κ3) is 5.96. The first-order valence-corrected chi connectivity index (χ1v) is 27.8. The highest BCUT2D eigenvalue weighted by Crippen LogP contribution is 2.51. The molecule has 0 fully saturated rings. The Hall–Kier alpha value is -10.1. The van der Waals surface area contributed by atoms with Crippen LogP contribution in [0, 0.1) is 22.7 Å². The predicted molar refractivity (Wildman–Crippen MR) is 331 cm³/mol. The summed E-state index contributed by atoms with van der Waals surface area (Å²) in [5, 5.41) is 42.9. The van der Waals surface area contributed by atoms with Crippen LogP contribution in [0.1, 0.15) is 11.1 Å². The third-order valence-electron chi connectivity index (χ3n) is 16.5. The smallest absolute Gasteiger partial charge is 0.102 e. The van der Waals surface area contributed by atoms with Crippen molar-refractivity contribution in [3.63, 3.8) is 0 Å². The second-order valence-electron chi connectivity index (χ2n) is 20.5. The van der Waals surface area contributed by atoms with Gasteiger partial charge in [0.05, 0.1) is 44.6 Å². The fourth-order valence-corrected chi connectivity index (χ4v) is 15.4. The molecule has 0 radical (unpaired) electrons. The molecule has 4 aromatic heterocycles. The lowest BCUT2D eigenvalue weighted by Crippen LogP contribution is -2.11. The minimum absolute atomic E-state index is 0.426. The predicted octanol–water partition coefficient (Wildman–Crippen LogP) is 20.3. The zero-order chi connectivity index (χ0) is 51.3. The van der Waals surface area contributed by atoms with Crippen LogP contribution < -0.4 is 0 Å². The Balaban J connectivity index is 1.13. The first kappa shape index (κ1) is 43.2. The number of hydrogen-bond acceptors (Lipinski definition) is 4. The van der Waals surface area contributed by atoms with Gasteiger partial charge in [-0.2, -0.15) is 10.5 Å². The second-order valence-corrected chi connectivity index (χ2v) is 22.7. The molecule has 0 unspecified atom stereocenters. The van der Waals surface area contributed by atoms with Crippen molar-refractivity contribution in [2.75, 3.05) is 0 Å². The van der Waals surface area contributed by atoms with Crippen molar-refractivity contribution in [2.24, 2.45) is 0 Å². The van der Waals surface area contributed by atoms with Gasteiger partial charge in [0, 0.05) is 73.0 Å². The lowest BCUT2D eigenvalue weighted by atomic mass is 9.85. The molecule has 4 heterocycles. The number of rotatable bonds is 4. The highest BCUT2D eigenvalue weighted by molar-refractivity contribution is 7.26. The fraction of sp³-hybridized carbons (Fsp3) is 0. The van der Waals surface area contributed by atoms with Crippen molar-refractivity contribution >= 4 is 150 Å². The van der Waals surface area contributed by atoms with Crippen LogP contribution in [0.25, 0.3) is 161 Å². The van der Waals surface area contributed by atoms with Crippen LogP contribution in [-0.4, -0.2) is 9.13 Å². The maximum Gasteiger partial charge on any atom is 0.102 e. The molecule has 0 saturated heterocycles. The van der Waals surface area contributed by atoms with E-state index in [-0.39, 0.29) is 0 Å². The summed E-state index contributed by atoms with van der Waals surface area (Å²) in [6, 6.07) is 88.7. The van der Waals surface area contributed by atoms with E-state index >= 15 is 0 Å². The number of aromatic nitrogens is 2. The van der Waals surface area contributed by atoms with Gasteiger partial charge in [0.2, 0.25) is 0 Å². The van der Waals surface area contributed by atoms with Crippen molar-refractivity contribution in [3.8, 4) is 45.8 Å². The number of nitriles is 2. The summed E-state index contributed by atoms with van der Waals surface area (Å²) in [6.07, 6.45) is 0. The highest BCUT2D eigenvalue weighted by atomic mass is 32.1. The molecular weight excluding hydrogens is 985 g/mol. The molecule has 0 N–H and O–H groups in total. The zero-order valence-corrected chi connectivity index (χ0v) is 43.2. The molecule has 0 aliphatic carbocycles. The van der Waals surface area contributed by atoms with E-state index < -0.39 is 0 Å². The molecular formula is C72H38N4S2. The van der Waals surface area contributed by atoms with Gasteiger partial charge in [0.1, 0.15) is 12.1 Å². The van der Waals surface area contributed by atoms with E-state index in [0.717, 1.165) is 124 Å². The zero-order valence-electron chi connectivity index (χ0n) is 41.5. The number of thiophene rings is 2. The van der Waals surface area contributed by atoms with Crippen molar-refractivity contribution in [1.29, 1.82) is 10.5 Å². The Morgan fingerprint density at radius 2 is 0.641 bits per heavy atom. The van der Waals surface area contributed by atoms with Crippen LogP contribution in [0.4, 0.5) is 0 Å². The molecule has 358 valence electrons. The SMILES string of the molecule is N#Cc1c(-c2ccc3ccc4ccccc4c3c2)c(C#N)c(-n2c3ccccc3c3cc4c(cc32)sc2ccccc24)c(-c2ccc3ccc4ccccc4c3c2)c1-n1c2ccccc2c2cc3c(cc21)sc1ccccc13. The van der Waals surface area contributed by atoms with Crippen LogP contribution >= 0.6 is 22.7 Å². The summed E-state index contributed by atoms with van der Waals surface area (Å²) >= 11 is 3.59. The number of benzene rings is 13. The Bertz CT molecular complexity index is 5390. The van der Waals surface area contributed by atoms with E-state index in [1.54, 1.807) is 22.7 Å². The molecule has 17 aromatic rings. The molecule has 0 atom stereocenters. The Morgan fingerprint density at radius 3 is 1.10 bits per heavy atom. The van der Waals surface area contributed by atoms with Gasteiger partial charge >= 0.3 is 0 Å². The molecule has 0 amide bonds. The van der Waals surface area contributed by atoms with Crippen molar-refractivity contribution in [3.05, 3.63) is 242 Å². The summed E-state index contributed by atoms with van der Waals surface area (Å²) in [6.45, 7) is 0. The van der Waals surface area contributed by atoms with Crippen LogP contribution in [0.3, 0.4) is 0 Å². The average molecular weight is 1020 g/mol. The molecule has 0 saturated carbocycles. The standard InChI is InChI=1S/C72H38N4S2/c73-39-59-69(45-31-29-43-27-25-41-13-1-3-15-47(41)53(43)33-45)60(40-74)72(76-62-22-10-6-18-50(62)56-36-58-52-20-8-12-24-66(52)78-68(58)38-64(56)76)70(46-32-30-44-28-26-42-14-2-4-16-48(42)54(44)34-46)71(59)75-61-21-9-5-17-49(61)55-35-57-51-19-7-11-23-65(51)77-67(57)37-63(55)75/h1-38H. The van der Waals surface area contributed by atoms with Gasteiger partial charge in [-0.05, 0) is 115 Å². The molecule has 0 aliphatic heterocycles. The molecule has 17 rings (SSSR count). The second kappa shape index (κ2) is 16.2. The van der Waals surface area contributed by atoms with E-state index in [2.05, 4.69) is 252 Å². The molecule has 0 spiro atoms. The Kier molecular flexibility index (Phi) is 8.98. The highest BCUT2D eigenvalue weighted by Gasteiger charge is 2.32. The van der Waals surface area contributed by atoms with Crippen LogP contribution in [0.15, 0.2) is 231 Å². The lowest BCUT2D eigenvalue weighted by Gasteiger charge is -2.26. The molecule has 0 aliphatic rings. The Labute approximate surface area is 453 Å². The molecule has 78 heavy (non-hydrogen) atoms. The van der Waals surface area contributed by atoms with E-state index in [1.807, 2.05) is 0 Å². The van der Waals surface area contributed by atoms with Gasteiger partial charge in [-0.3, -0.25) is 0 Å². The summed E-state index contributed by atoms with van der Waals surface area (Å²) in [4.78, 5) is 0. The number of nitrogens with zero attached hydrogens (tertiary/aromatic N) is 4. The topological polar surface area (TPSA) is 57.4 Å². The Morgan fingerprint density at radius 1 is 0.269 bits per heavy atom. The van der Waals surface area contributed by atoms with Gasteiger partial charge in [0.15, 0.2) is 0 Å². The summed E-state index contributed by atoms with van der Waals surface area (Å²) in [5.74, 6) is 0. The van der Waals surface area contributed by atoms with Crippen LogP contribution in [0.2, 0.25) is 0 Å². The van der Waals surface area contributed by atoms with Crippen LogP contribution in [0.5, 0.6) is 0 Å². The van der Waals surface area contributed by atoms with E-state index in [0.29, 0.717) is 16.7 Å². The van der Waals surface area contributed by atoms with Crippen LogP contribution in [-0.2, 0) is 0 Å². The van der Waals surface area contributed by atoms with Crippen molar-refractivity contribution < 1.29 is 0 Å². The van der Waals surface area contributed by atoms with E-state index in [9.17, 15) is 10.5 Å². The summed E-state index contributed by atoms with van der Waals surface area (Å²) in [5.41, 5.74) is 9.30. The molecule has 0 bridgehead atoms. The van der Waals surface area contributed by atoms with Gasteiger partial charge in [-0.1, -0.05) is 170 Å². The number of hydrogen-bond donors (Lipinski definition) is 0. The van der Waals surface area contributed by atoms with Gasteiger partial charge in [0.25, 0.3) is 0 Å². The first-order valence-electron chi connectivity index (χ1n) is 26.2. The monoisotopic (exact) mass is 1020 g/mol. The molecule has 13 aromatic carbocycles. The molecule has 4 nitrogen and oxygen atoms in total. The first-order chi connectivity index (χ1) is 38.6. The van der Waals surface area contributed by atoms with Gasteiger partial charge in [-0.25, -0.2) is 0 Å². The minimum Gasteiger partial charge on any atom is -0.307 e. The summed E-state index contributed by atoms with van der Waals surface area (Å²) < 4.78 is 9.49. The maximum absolute atomic E-state index is 12.4. The maximum atomic E-state index is 12.4. The fourth-order valence-electron chi connectivity index (χ4n) is 13.1. The third-order valence-corrected chi connectivity index (χ3v) is 18.8. The normalized spacial score (nSPS) is 12.1. The quantitative estimate of drug-likeness (QED) is 0.165. The lowest BCUT2D eigenvalue weighted by molar-refractivity contribution is 1.12. The largest absolute Gasteiger partial charge is 0.307 e. The van der Waals surface area contributed by atoms with E-state index in [4.69, 9.17) is 0 Å². The van der Waals surface area contributed by atoms with Crippen molar-refractivity contribution in [1.82, 2.24) is 9.13 Å². The number of fused-ring (bicyclic) bond motifs is 18. The molecule has 6 heteroatoms. The average Bonchev–Trinajstić information content (AvgIpc) is 4.32. The minimum atomic E-state index is 0.426. The number of para-hydroxylation sites is 2. The van der Waals surface area contributed by atoms with Crippen molar-refractivity contribution in [2.45, 2.75) is 0 Å².